The lowest BCUT2D eigenvalue weighted by molar-refractivity contribution is -0.166. The van der Waals surface area contributed by atoms with E-state index in [1.165, 1.54) is 141 Å². The number of carbonyl (C=O) groups is 3. The Morgan fingerprint density at radius 2 is 0.562 bits per heavy atom. The van der Waals surface area contributed by atoms with E-state index in [1.54, 1.807) is 0 Å². The fourth-order valence-corrected chi connectivity index (χ4v) is 8.50. The summed E-state index contributed by atoms with van der Waals surface area (Å²) in [5.41, 5.74) is 0. The van der Waals surface area contributed by atoms with E-state index in [2.05, 4.69) is 112 Å². The lowest BCUT2D eigenvalue weighted by Gasteiger charge is -2.18. The van der Waals surface area contributed by atoms with Crippen molar-refractivity contribution < 1.29 is 28.6 Å². The summed E-state index contributed by atoms with van der Waals surface area (Å²) in [5.74, 6) is -0.998. The highest BCUT2D eigenvalue weighted by atomic mass is 16.6. The Hall–Kier alpha value is -3.67. The van der Waals surface area contributed by atoms with Crippen LogP contribution in [0.3, 0.4) is 0 Å². The number of allylic oxidation sites excluding steroid dienone is 16. The molecule has 0 saturated heterocycles. The summed E-state index contributed by atoms with van der Waals surface area (Å²) in [5, 5.41) is 0. The van der Waals surface area contributed by atoms with Gasteiger partial charge in [0.1, 0.15) is 13.2 Å². The Morgan fingerprint density at radius 3 is 0.945 bits per heavy atom. The fourth-order valence-electron chi connectivity index (χ4n) is 8.50. The molecule has 0 spiro atoms. The molecule has 1 atom stereocenters. The maximum absolute atomic E-state index is 12.9. The molecule has 0 bridgehead atoms. The van der Waals surface area contributed by atoms with Crippen molar-refractivity contribution in [2.45, 2.75) is 297 Å². The molecule has 0 N–H and O–H groups in total. The van der Waals surface area contributed by atoms with Crippen molar-refractivity contribution >= 4 is 17.9 Å². The Morgan fingerprint density at radius 1 is 0.288 bits per heavy atom. The third-order valence-corrected chi connectivity index (χ3v) is 13.1. The molecule has 0 aliphatic rings. The SMILES string of the molecule is CC/C=C\C/C=C\C/C=C\C/C=C\C/C=C\C/C=C\CCC(=O)OC[C@H](COC(=O)CCCCCCCCCCCCCCCCCCCCCCC)OC(=O)CCCCCCC/C=C\C/C=C\CCCCC. The highest BCUT2D eigenvalue weighted by Crippen LogP contribution is 2.16. The van der Waals surface area contributed by atoms with Crippen molar-refractivity contribution in [3.05, 3.63) is 97.2 Å². The van der Waals surface area contributed by atoms with Crippen LogP contribution in [0.1, 0.15) is 290 Å². The van der Waals surface area contributed by atoms with Crippen molar-refractivity contribution in [1.29, 1.82) is 0 Å². The van der Waals surface area contributed by atoms with Crippen LogP contribution in [0.4, 0.5) is 0 Å². The normalized spacial score (nSPS) is 12.8. The molecule has 0 fully saturated rings. The molecule has 0 aromatic heterocycles. The number of ether oxygens (including phenoxy) is 3. The van der Waals surface area contributed by atoms with Gasteiger partial charge in [0.25, 0.3) is 0 Å². The first-order chi connectivity index (χ1) is 36.0. The molecule has 6 heteroatoms. The van der Waals surface area contributed by atoms with Gasteiger partial charge in [-0.2, -0.15) is 0 Å². The summed E-state index contributed by atoms with van der Waals surface area (Å²) in [4.78, 5) is 38.2. The van der Waals surface area contributed by atoms with Crippen LogP contribution in [0.5, 0.6) is 0 Å². The topological polar surface area (TPSA) is 78.9 Å². The van der Waals surface area contributed by atoms with Crippen LogP contribution in [0, 0.1) is 0 Å². The monoisotopic (exact) mass is 1010 g/mol. The summed E-state index contributed by atoms with van der Waals surface area (Å²) in [7, 11) is 0. The predicted octanol–water partition coefficient (Wildman–Crippen LogP) is 20.9. The van der Waals surface area contributed by atoms with Crippen LogP contribution < -0.4 is 0 Å². The van der Waals surface area contributed by atoms with Crippen LogP contribution in [0.25, 0.3) is 0 Å². The Balaban J connectivity index is 4.45. The number of hydrogen-bond acceptors (Lipinski definition) is 6. The van der Waals surface area contributed by atoms with Gasteiger partial charge >= 0.3 is 17.9 Å². The molecule has 0 saturated carbocycles. The summed E-state index contributed by atoms with van der Waals surface area (Å²) >= 11 is 0. The van der Waals surface area contributed by atoms with Crippen molar-refractivity contribution in [2.75, 3.05) is 13.2 Å². The molecule has 73 heavy (non-hydrogen) atoms. The van der Waals surface area contributed by atoms with Crippen molar-refractivity contribution in [3.8, 4) is 0 Å². The van der Waals surface area contributed by atoms with E-state index in [9.17, 15) is 14.4 Å². The zero-order valence-electron chi connectivity index (χ0n) is 47.9. The van der Waals surface area contributed by atoms with Gasteiger partial charge in [0, 0.05) is 19.3 Å². The van der Waals surface area contributed by atoms with Gasteiger partial charge in [0.05, 0.1) is 0 Å². The largest absolute Gasteiger partial charge is 0.462 e. The van der Waals surface area contributed by atoms with Crippen LogP contribution in [-0.2, 0) is 28.6 Å². The molecule has 0 aromatic rings. The number of unbranched alkanes of at least 4 members (excludes halogenated alkanes) is 28. The summed E-state index contributed by atoms with van der Waals surface area (Å²) in [6.45, 7) is 6.45. The van der Waals surface area contributed by atoms with Crippen LogP contribution in [-0.4, -0.2) is 37.2 Å². The minimum absolute atomic E-state index is 0.105. The van der Waals surface area contributed by atoms with Gasteiger partial charge in [-0.1, -0.05) is 279 Å². The van der Waals surface area contributed by atoms with Gasteiger partial charge in [-0.15, -0.1) is 0 Å². The number of carbonyl (C=O) groups excluding carboxylic acids is 3. The minimum Gasteiger partial charge on any atom is -0.462 e. The van der Waals surface area contributed by atoms with Crippen molar-refractivity contribution in [2.24, 2.45) is 0 Å². The quantitative estimate of drug-likeness (QED) is 0.0261. The van der Waals surface area contributed by atoms with Gasteiger partial charge in [-0.3, -0.25) is 14.4 Å². The molecular weight excluding hydrogens is 901 g/mol. The second-order valence-corrected chi connectivity index (χ2v) is 20.2. The zero-order chi connectivity index (χ0) is 52.9. The highest BCUT2D eigenvalue weighted by Gasteiger charge is 2.19. The van der Waals surface area contributed by atoms with E-state index in [4.69, 9.17) is 14.2 Å². The maximum atomic E-state index is 12.9. The van der Waals surface area contributed by atoms with E-state index in [0.717, 1.165) is 103 Å². The number of esters is 3. The van der Waals surface area contributed by atoms with Crippen LogP contribution >= 0.6 is 0 Å². The second kappa shape index (κ2) is 60.9. The van der Waals surface area contributed by atoms with Gasteiger partial charge in [0.15, 0.2) is 6.10 Å². The van der Waals surface area contributed by atoms with Crippen molar-refractivity contribution in [3.63, 3.8) is 0 Å². The minimum atomic E-state index is -0.816. The van der Waals surface area contributed by atoms with Crippen LogP contribution in [0.2, 0.25) is 0 Å². The third-order valence-electron chi connectivity index (χ3n) is 13.1. The molecule has 0 aromatic carbocycles. The average molecular weight is 1020 g/mol. The van der Waals surface area contributed by atoms with Gasteiger partial charge in [0.2, 0.25) is 0 Å². The zero-order valence-corrected chi connectivity index (χ0v) is 47.9. The van der Waals surface area contributed by atoms with E-state index < -0.39 is 6.10 Å². The molecule has 6 nitrogen and oxygen atoms in total. The standard InChI is InChI=1S/C67H114O6/c1-4-7-10-13-16-19-22-25-28-30-32-33-35-37-40-42-45-48-51-54-57-60-66(69)72-63-64(73-67(70)61-58-55-52-49-46-43-38-27-24-21-18-15-12-9-6-3)62-71-65(68)59-56-53-50-47-44-41-39-36-34-31-29-26-23-20-17-14-11-8-5-2/h8,11,17-18,20-21,26-27,29,34,36,38,41,44,50,53,64H,4-7,9-10,12-16,19,22-25,28,30-33,35,37,39-40,42-43,45-49,51-52,54-63H2,1-3H3/b11-8-,20-17-,21-18-,29-26-,36-34-,38-27-,44-41-,53-50-/t64-/m1/s1. The van der Waals surface area contributed by atoms with E-state index >= 15 is 0 Å². The maximum Gasteiger partial charge on any atom is 0.306 e. The number of rotatable bonds is 55. The predicted molar refractivity (Wildman–Crippen MR) is 316 cm³/mol. The third kappa shape index (κ3) is 59.1. The summed E-state index contributed by atoms with van der Waals surface area (Å²) < 4.78 is 16.8. The lowest BCUT2D eigenvalue weighted by atomic mass is 10.0. The fraction of sp³-hybridized carbons (Fsp3) is 0.716. The van der Waals surface area contributed by atoms with E-state index in [-0.39, 0.29) is 37.5 Å². The molecule has 0 heterocycles. The van der Waals surface area contributed by atoms with E-state index in [1.807, 2.05) is 6.08 Å². The molecule has 0 radical (unpaired) electrons. The van der Waals surface area contributed by atoms with Gasteiger partial charge in [-0.05, 0) is 89.9 Å². The first-order valence-electron chi connectivity index (χ1n) is 30.7. The van der Waals surface area contributed by atoms with E-state index in [0.29, 0.717) is 19.3 Å². The average Bonchev–Trinajstić information content (AvgIpc) is 3.39. The lowest BCUT2D eigenvalue weighted by Crippen LogP contribution is -2.30. The number of hydrogen-bond donors (Lipinski definition) is 0. The first kappa shape index (κ1) is 69.3. The van der Waals surface area contributed by atoms with Gasteiger partial charge in [-0.25, -0.2) is 0 Å². The Kier molecular flexibility index (Phi) is 57.8. The summed E-state index contributed by atoms with van der Waals surface area (Å²) in [6.07, 6.45) is 81.3. The molecule has 418 valence electrons. The van der Waals surface area contributed by atoms with Crippen molar-refractivity contribution in [1.82, 2.24) is 0 Å². The Labute approximate surface area is 451 Å². The molecule has 0 unspecified atom stereocenters. The van der Waals surface area contributed by atoms with Gasteiger partial charge < -0.3 is 14.2 Å². The molecule has 0 rings (SSSR count). The molecule has 0 aliphatic heterocycles. The molecular formula is C67H114O6. The molecule has 0 aliphatic carbocycles. The Bertz CT molecular complexity index is 1440. The molecule has 0 amide bonds. The first-order valence-corrected chi connectivity index (χ1v) is 30.7. The van der Waals surface area contributed by atoms with Crippen LogP contribution in [0.15, 0.2) is 97.2 Å². The smallest absolute Gasteiger partial charge is 0.306 e. The summed E-state index contributed by atoms with van der Waals surface area (Å²) in [6, 6.07) is 0. The highest BCUT2D eigenvalue weighted by molar-refractivity contribution is 5.71. The second-order valence-electron chi connectivity index (χ2n) is 20.2.